The van der Waals surface area contributed by atoms with Gasteiger partial charge in [0, 0.05) is 30.7 Å². The van der Waals surface area contributed by atoms with Crippen LogP contribution in [0, 0.1) is 11.7 Å². The van der Waals surface area contributed by atoms with Gasteiger partial charge >= 0.3 is 6.18 Å². The molecule has 2 saturated heterocycles. The van der Waals surface area contributed by atoms with Crippen LogP contribution in [-0.2, 0) is 6.18 Å². The molecular weight excluding hydrogens is 464 g/mol. The van der Waals surface area contributed by atoms with Crippen LogP contribution in [0.2, 0.25) is 0 Å². The number of carbonyl (C=O) groups excluding carboxylic acids is 1. The smallest absolute Gasteiger partial charge is 0.417 e. The van der Waals surface area contributed by atoms with E-state index in [0.717, 1.165) is 18.7 Å². The Hall–Kier alpha value is -3.56. The molecule has 0 unspecified atom stereocenters. The Balaban J connectivity index is 1.44. The van der Waals surface area contributed by atoms with Gasteiger partial charge in [-0.3, -0.25) is 4.79 Å². The molecule has 4 heterocycles. The highest BCUT2D eigenvalue weighted by Crippen LogP contribution is 2.42. The quantitative estimate of drug-likeness (QED) is 0.477. The van der Waals surface area contributed by atoms with Crippen LogP contribution in [0.1, 0.15) is 42.1 Å². The average molecular weight is 486 g/mol. The number of ether oxygens (including phenoxy) is 1. The molecule has 3 aromatic rings. The zero-order chi connectivity index (χ0) is 24.7. The van der Waals surface area contributed by atoms with Crippen LogP contribution in [0.15, 0.2) is 55.0 Å². The molecule has 0 N–H and O–H groups in total. The van der Waals surface area contributed by atoms with Crippen molar-refractivity contribution in [2.45, 2.75) is 50.6 Å². The lowest BCUT2D eigenvalue weighted by Crippen LogP contribution is -2.63. The van der Waals surface area contributed by atoms with Gasteiger partial charge in [0.15, 0.2) is 5.82 Å². The number of nitrogens with zero attached hydrogens (tertiary/aromatic N) is 4. The molecule has 6 rings (SSSR count). The Morgan fingerprint density at radius 2 is 1.83 bits per heavy atom. The first-order valence-electron chi connectivity index (χ1n) is 11.3. The van der Waals surface area contributed by atoms with E-state index in [-0.39, 0.29) is 46.7 Å². The van der Waals surface area contributed by atoms with Gasteiger partial charge in [-0.1, -0.05) is 6.07 Å². The molecule has 1 aliphatic carbocycles. The van der Waals surface area contributed by atoms with E-state index >= 15 is 0 Å². The van der Waals surface area contributed by atoms with Crippen LogP contribution in [-0.4, -0.2) is 43.9 Å². The predicted octanol–water partition coefficient (Wildman–Crippen LogP) is 5.16. The first kappa shape index (κ1) is 23.2. The molecule has 2 aliphatic heterocycles. The summed E-state index contributed by atoms with van der Waals surface area (Å²) < 4.78 is 59.5. The first-order chi connectivity index (χ1) is 16.7. The molecular formula is C25H22F4N4O2. The summed E-state index contributed by atoms with van der Waals surface area (Å²) in [5.41, 5.74) is -0.669. The standard InChI is InChI=1S/C25H22F4N4O2/c1-14-15-6-8-19(20(12-15)35-21-9-7-16(13-32-21)25(27,28)29)33(14)24(34)17-4-2-5-18(26)22(17)23-30-10-3-11-31-23/h2-5,7,9-11,13-15,19-20H,6,8,12H2,1H3/t14-,15-,19+,20+/m1/s1. The molecule has 0 radical (unpaired) electrons. The maximum absolute atomic E-state index is 14.9. The van der Waals surface area contributed by atoms with Crippen molar-refractivity contribution in [2.75, 3.05) is 0 Å². The van der Waals surface area contributed by atoms with E-state index in [2.05, 4.69) is 15.0 Å². The molecule has 0 spiro atoms. The number of halogens is 4. The third kappa shape index (κ3) is 4.33. The SMILES string of the molecule is C[C@@H]1[C@@H]2CC[C@@H]([C@@H](Oc3ccc(C(F)(F)F)cn3)C2)N1C(=O)c1cccc(F)c1-c1ncccn1. The van der Waals surface area contributed by atoms with Crippen molar-refractivity contribution in [3.8, 4) is 17.3 Å². The monoisotopic (exact) mass is 486 g/mol. The lowest BCUT2D eigenvalue weighted by atomic mass is 9.73. The highest BCUT2D eigenvalue weighted by molar-refractivity contribution is 6.00. The summed E-state index contributed by atoms with van der Waals surface area (Å²) in [7, 11) is 0. The van der Waals surface area contributed by atoms with E-state index in [1.165, 1.54) is 30.6 Å². The molecule has 2 bridgehead atoms. The van der Waals surface area contributed by atoms with Gasteiger partial charge in [-0.25, -0.2) is 19.3 Å². The molecule has 6 nitrogen and oxygen atoms in total. The lowest BCUT2D eigenvalue weighted by molar-refractivity contribution is -0.137. The number of rotatable bonds is 4. The highest BCUT2D eigenvalue weighted by atomic mass is 19.4. The van der Waals surface area contributed by atoms with Crippen molar-refractivity contribution in [2.24, 2.45) is 5.92 Å². The van der Waals surface area contributed by atoms with E-state index in [1.54, 1.807) is 17.0 Å². The number of amides is 1. The summed E-state index contributed by atoms with van der Waals surface area (Å²) in [5, 5.41) is 0. The van der Waals surface area contributed by atoms with Crippen molar-refractivity contribution in [1.82, 2.24) is 19.9 Å². The fourth-order valence-corrected chi connectivity index (χ4v) is 5.16. The van der Waals surface area contributed by atoms with E-state index in [4.69, 9.17) is 4.74 Å². The molecule has 2 aromatic heterocycles. The van der Waals surface area contributed by atoms with Crippen molar-refractivity contribution in [1.29, 1.82) is 0 Å². The normalized spacial score (nSPS) is 23.9. The summed E-state index contributed by atoms with van der Waals surface area (Å²) in [6.45, 7) is 1.96. The van der Waals surface area contributed by atoms with Gasteiger partial charge in [0.25, 0.3) is 5.91 Å². The minimum absolute atomic E-state index is 0.0358. The predicted molar refractivity (Wildman–Crippen MR) is 118 cm³/mol. The Kier molecular flexibility index (Phi) is 5.90. The maximum atomic E-state index is 14.9. The number of hydrogen-bond acceptors (Lipinski definition) is 5. The van der Waals surface area contributed by atoms with E-state index in [1.807, 2.05) is 6.92 Å². The largest absolute Gasteiger partial charge is 0.472 e. The molecule has 1 amide bonds. The number of alkyl halides is 3. The van der Waals surface area contributed by atoms with Gasteiger partial charge < -0.3 is 9.64 Å². The summed E-state index contributed by atoms with van der Waals surface area (Å²) in [4.78, 5) is 27.6. The van der Waals surface area contributed by atoms with Gasteiger partial charge in [0.1, 0.15) is 11.9 Å². The van der Waals surface area contributed by atoms with Crippen LogP contribution in [0.3, 0.4) is 0 Å². The molecule has 1 saturated carbocycles. The summed E-state index contributed by atoms with van der Waals surface area (Å²) in [6, 6.07) is 7.56. The van der Waals surface area contributed by atoms with Gasteiger partial charge in [0.2, 0.25) is 5.88 Å². The topological polar surface area (TPSA) is 68.2 Å². The van der Waals surface area contributed by atoms with E-state index in [0.29, 0.717) is 12.8 Å². The second-order valence-electron chi connectivity index (χ2n) is 8.87. The maximum Gasteiger partial charge on any atom is 0.417 e. The number of piperidine rings is 2. The van der Waals surface area contributed by atoms with Crippen LogP contribution in [0.25, 0.3) is 11.4 Å². The zero-order valence-electron chi connectivity index (χ0n) is 18.7. The fourth-order valence-electron chi connectivity index (χ4n) is 5.16. The zero-order valence-corrected chi connectivity index (χ0v) is 18.7. The summed E-state index contributed by atoms with van der Waals surface area (Å²) in [5.74, 6) is -0.639. The number of aromatic nitrogens is 3. The third-order valence-electron chi connectivity index (χ3n) is 6.88. The second kappa shape index (κ2) is 8.90. The van der Waals surface area contributed by atoms with Crippen molar-refractivity contribution < 1.29 is 27.1 Å². The van der Waals surface area contributed by atoms with Gasteiger partial charge in [-0.05, 0) is 56.4 Å². The van der Waals surface area contributed by atoms with Crippen LogP contribution in [0.5, 0.6) is 5.88 Å². The fraction of sp³-hybridized carbons (Fsp3) is 0.360. The Morgan fingerprint density at radius 3 is 2.51 bits per heavy atom. The first-order valence-corrected chi connectivity index (χ1v) is 11.3. The van der Waals surface area contributed by atoms with Gasteiger partial charge in [-0.15, -0.1) is 0 Å². The highest BCUT2D eigenvalue weighted by Gasteiger charge is 2.49. The Labute approximate surface area is 199 Å². The van der Waals surface area contributed by atoms with Crippen molar-refractivity contribution in [3.63, 3.8) is 0 Å². The molecule has 1 aromatic carbocycles. The second-order valence-corrected chi connectivity index (χ2v) is 8.87. The van der Waals surface area contributed by atoms with E-state index < -0.39 is 23.7 Å². The number of fused-ring (bicyclic) bond motifs is 3. The summed E-state index contributed by atoms with van der Waals surface area (Å²) >= 11 is 0. The number of hydrogen-bond donors (Lipinski definition) is 0. The lowest BCUT2D eigenvalue weighted by Gasteiger charge is -2.53. The molecule has 3 fully saturated rings. The summed E-state index contributed by atoms with van der Waals surface area (Å²) in [6.07, 6.45) is 0.982. The minimum Gasteiger partial charge on any atom is -0.472 e. The van der Waals surface area contributed by atoms with Crippen molar-refractivity contribution in [3.05, 3.63) is 71.9 Å². The number of carbonyl (C=O) groups is 1. The molecule has 182 valence electrons. The third-order valence-corrected chi connectivity index (χ3v) is 6.88. The van der Waals surface area contributed by atoms with Crippen LogP contribution < -0.4 is 4.74 Å². The van der Waals surface area contributed by atoms with Crippen molar-refractivity contribution >= 4 is 5.91 Å². The average Bonchev–Trinajstić information content (AvgIpc) is 2.84. The van der Waals surface area contributed by atoms with Crippen LogP contribution in [0.4, 0.5) is 17.6 Å². The molecule has 4 atom stereocenters. The van der Waals surface area contributed by atoms with Gasteiger partial charge in [-0.2, -0.15) is 13.2 Å². The Bertz CT molecular complexity index is 1220. The number of benzene rings is 1. The Morgan fingerprint density at radius 1 is 1.06 bits per heavy atom. The molecule has 3 aliphatic rings. The minimum atomic E-state index is -4.49. The molecule has 35 heavy (non-hydrogen) atoms. The van der Waals surface area contributed by atoms with E-state index in [9.17, 15) is 22.4 Å². The number of pyridine rings is 1. The van der Waals surface area contributed by atoms with Crippen LogP contribution >= 0.6 is 0 Å². The van der Waals surface area contributed by atoms with Gasteiger partial charge in [0.05, 0.1) is 22.7 Å². The molecule has 10 heteroatoms.